The van der Waals surface area contributed by atoms with Crippen molar-refractivity contribution < 1.29 is 14.0 Å². The molecule has 3 heterocycles. The van der Waals surface area contributed by atoms with E-state index in [0.717, 1.165) is 31.2 Å². The summed E-state index contributed by atoms with van der Waals surface area (Å²) in [7, 11) is 0. The summed E-state index contributed by atoms with van der Waals surface area (Å²) >= 11 is 13.3. The third kappa shape index (κ3) is 6.83. The van der Waals surface area contributed by atoms with Crippen LogP contribution in [0.15, 0.2) is 18.2 Å². The van der Waals surface area contributed by atoms with Gasteiger partial charge in [-0.2, -0.15) is 0 Å². The predicted octanol–water partition coefficient (Wildman–Crippen LogP) is 6.37. The van der Waals surface area contributed by atoms with E-state index in [1.54, 1.807) is 18.2 Å². The Balaban J connectivity index is 1.42. The lowest BCUT2D eigenvalue weighted by atomic mass is 9.87. The van der Waals surface area contributed by atoms with Crippen molar-refractivity contribution in [2.45, 2.75) is 85.0 Å². The van der Waals surface area contributed by atoms with Gasteiger partial charge < -0.3 is 20.5 Å². The molecule has 11 heteroatoms. The Labute approximate surface area is 256 Å². The van der Waals surface area contributed by atoms with Crippen molar-refractivity contribution in [2.24, 2.45) is 11.3 Å². The van der Waals surface area contributed by atoms with E-state index in [2.05, 4.69) is 22.5 Å². The molecule has 2 aromatic heterocycles. The molecule has 226 valence electrons. The summed E-state index contributed by atoms with van der Waals surface area (Å²) in [5, 5.41) is 7.06. The molecule has 1 aliphatic carbocycles. The summed E-state index contributed by atoms with van der Waals surface area (Å²) in [5.74, 6) is 1.42. The molecule has 1 saturated carbocycles. The van der Waals surface area contributed by atoms with Crippen LogP contribution < -0.4 is 15.5 Å². The van der Waals surface area contributed by atoms with Gasteiger partial charge in [0.1, 0.15) is 17.8 Å². The van der Waals surface area contributed by atoms with Gasteiger partial charge in [0.25, 0.3) is 5.91 Å². The fourth-order valence-corrected chi connectivity index (χ4v) is 6.18. The number of hydrogen-bond acceptors (Lipinski definition) is 5. The summed E-state index contributed by atoms with van der Waals surface area (Å²) in [5.41, 5.74) is 2.35. The van der Waals surface area contributed by atoms with Crippen molar-refractivity contribution >= 4 is 52.0 Å². The standard InChI is InChI=1S/C31H39Cl2FN6O2/c1-17-5-8-20(9-6-17)36-29(41)22-13-24-27(39-28(22)40-12-11-19(34)16-40)38-25(37-24)14-21-23(32)10-7-18(26(21)33)15-35-30(42)31(2,3)4/h7,10,13,17,19-20H,5-6,8-9,11-12,14-16H2,1-4H3,(H,35,42)(H,36,41)(H,37,38,39)/t17?,19-,20?/m0/s1. The van der Waals surface area contributed by atoms with Gasteiger partial charge in [0, 0.05) is 36.0 Å². The van der Waals surface area contributed by atoms with Gasteiger partial charge in [0.2, 0.25) is 5.91 Å². The van der Waals surface area contributed by atoms with E-state index in [-0.39, 0.29) is 30.9 Å². The molecule has 3 aromatic rings. The van der Waals surface area contributed by atoms with Gasteiger partial charge in [-0.1, -0.05) is 57.0 Å². The van der Waals surface area contributed by atoms with Crippen LogP contribution in [0, 0.1) is 11.3 Å². The monoisotopic (exact) mass is 616 g/mol. The van der Waals surface area contributed by atoms with Gasteiger partial charge in [0.05, 0.1) is 22.6 Å². The number of aromatic nitrogens is 3. The topological polar surface area (TPSA) is 103 Å². The van der Waals surface area contributed by atoms with Crippen LogP contribution in [0.25, 0.3) is 11.2 Å². The third-order valence-electron chi connectivity index (χ3n) is 8.26. The van der Waals surface area contributed by atoms with Crippen molar-refractivity contribution in [3.63, 3.8) is 0 Å². The van der Waals surface area contributed by atoms with Crippen LogP contribution in [0.5, 0.6) is 0 Å². The molecule has 0 bridgehead atoms. The van der Waals surface area contributed by atoms with Gasteiger partial charge >= 0.3 is 0 Å². The zero-order valence-corrected chi connectivity index (χ0v) is 26.1. The lowest BCUT2D eigenvalue weighted by Crippen LogP contribution is -2.38. The lowest BCUT2D eigenvalue weighted by Gasteiger charge is -2.27. The van der Waals surface area contributed by atoms with Crippen LogP contribution in [0.1, 0.15) is 87.1 Å². The number of imidazole rings is 1. The molecule has 5 rings (SSSR count). The maximum Gasteiger partial charge on any atom is 0.255 e. The van der Waals surface area contributed by atoms with Crippen LogP contribution in [-0.2, 0) is 17.8 Å². The first-order valence-electron chi connectivity index (χ1n) is 14.7. The normalized spacial score (nSPS) is 21.1. The Morgan fingerprint density at radius 1 is 1.12 bits per heavy atom. The minimum Gasteiger partial charge on any atom is -0.353 e. The number of hydrogen-bond donors (Lipinski definition) is 3. The highest BCUT2D eigenvalue weighted by atomic mass is 35.5. The van der Waals surface area contributed by atoms with E-state index in [1.807, 2.05) is 25.7 Å². The number of anilines is 1. The van der Waals surface area contributed by atoms with Crippen molar-refractivity contribution in [1.82, 2.24) is 25.6 Å². The van der Waals surface area contributed by atoms with E-state index < -0.39 is 11.6 Å². The number of amides is 2. The molecule has 1 saturated heterocycles. The molecule has 1 aliphatic heterocycles. The van der Waals surface area contributed by atoms with Crippen LogP contribution >= 0.6 is 23.2 Å². The Kier molecular flexibility index (Phi) is 8.99. The number of nitrogens with zero attached hydrogens (tertiary/aromatic N) is 3. The number of pyridine rings is 1. The fraction of sp³-hybridized carbons (Fsp3) is 0.548. The second kappa shape index (κ2) is 12.4. The molecule has 3 N–H and O–H groups in total. The average molecular weight is 618 g/mol. The van der Waals surface area contributed by atoms with E-state index in [4.69, 9.17) is 33.2 Å². The summed E-state index contributed by atoms with van der Waals surface area (Å²) < 4.78 is 14.2. The number of aromatic amines is 1. The molecule has 42 heavy (non-hydrogen) atoms. The molecule has 0 spiro atoms. The first-order chi connectivity index (χ1) is 19.9. The smallest absolute Gasteiger partial charge is 0.255 e. The molecule has 8 nitrogen and oxygen atoms in total. The lowest BCUT2D eigenvalue weighted by molar-refractivity contribution is -0.128. The number of benzene rings is 1. The Bertz CT molecular complexity index is 1480. The van der Waals surface area contributed by atoms with Crippen molar-refractivity contribution in [1.29, 1.82) is 0 Å². The number of halogens is 3. The number of H-pyrrole nitrogens is 1. The number of rotatable bonds is 7. The number of nitrogens with one attached hydrogen (secondary N) is 3. The summed E-state index contributed by atoms with van der Waals surface area (Å²) in [4.78, 5) is 40.5. The van der Waals surface area contributed by atoms with Crippen LogP contribution in [0.2, 0.25) is 10.0 Å². The summed E-state index contributed by atoms with van der Waals surface area (Å²) in [6, 6.07) is 5.44. The first-order valence-corrected chi connectivity index (χ1v) is 15.5. The highest BCUT2D eigenvalue weighted by molar-refractivity contribution is 6.36. The Morgan fingerprint density at radius 3 is 2.52 bits per heavy atom. The van der Waals surface area contributed by atoms with Gasteiger partial charge in [-0.15, -0.1) is 0 Å². The van der Waals surface area contributed by atoms with E-state index >= 15 is 0 Å². The Hall–Kier alpha value is -2.91. The van der Waals surface area contributed by atoms with E-state index in [9.17, 15) is 14.0 Å². The van der Waals surface area contributed by atoms with Crippen LogP contribution in [-0.4, -0.2) is 52.1 Å². The number of carbonyl (C=O) groups excluding carboxylic acids is 2. The van der Waals surface area contributed by atoms with Crippen LogP contribution in [0.4, 0.5) is 10.2 Å². The molecule has 0 radical (unpaired) electrons. The SMILES string of the molecule is CC1CCC(NC(=O)c2cc3[nH]c(Cc4c(Cl)ccc(CNC(=O)C(C)(C)C)c4Cl)nc3nc2N2CC[C@H](F)C2)CC1. The minimum atomic E-state index is -0.960. The van der Waals surface area contributed by atoms with Crippen molar-refractivity contribution in [2.75, 3.05) is 18.0 Å². The maximum absolute atomic E-state index is 14.2. The quantitative estimate of drug-likeness (QED) is 0.286. The Morgan fingerprint density at radius 2 is 1.86 bits per heavy atom. The molecular formula is C31H39Cl2FN6O2. The van der Waals surface area contributed by atoms with Gasteiger partial charge in [-0.25, -0.2) is 14.4 Å². The average Bonchev–Trinajstić information content (AvgIpc) is 3.55. The third-order valence-corrected chi connectivity index (χ3v) is 9.08. The van der Waals surface area contributed by atoms with Gasteiger partial charge in [-0.05, 0) is 61.3 Å². The van der Waals surface area contributed by atoms with E-state index in [1.165, 1.54) is 0 Å². The molecular weight excluding hydrogens is 578 g/mol. The van der Waals surface area contributed by atoms with Crippen LogP contribution in [0.3, 0.4) is 0 Å². The molecule has 2 fully saturated rings. The fourth-order valence-electron chi connectivity index (χ4n) is 5.60. The number of alkyl halides is 1. The van der Waals surface area contributed by atoms with Crippen molar-refractivity contribution in [3.8, 4) is 0 Å². The molecule has 0 unspecified atom stereocenters. The summed E-state index contributed by atoms with van der Waals surface area (Å²) in [6.45, 7) is 8.75. The molecule has 2 aliphatic rings. The zero-order chi connectivity index (χ0) is 30.2. The highest BCUT2D eigenvalue weighted by Gasteiger charge is 2.29. The number of fused-ring (bicyclic) bond motifs is 1. The summed E-state index contributed by atoms with van der Waals surface area (Å²) in [6.07, 6.45) is 3.80. The molecule has 1 atom stereocenters. The second-order valence-electron chi connectivity index (χ2n) is 12.8. The van der Waals surface area contributed by atoms with Gasteiger partial charge in [0.15, 0.2) is 5.65 Å². The highest BCUT2D eigenvalue weighted by Crippen LogP contribution is 2.32. The second-order valence-corrected chi connectivity index (χ2v) is 13.6. The predicted molar refractivity (Wildman–Crippen MR) is 165 cm³/mol. The maximum atomic E-state index is 14.2. The zero-order valence-electron chi connectivity index (χ0n) is 24.6. The van der Waals surface area contributed by atoms with Crippen molar-refractivity contribution in [3.05, 3.63) is 50.8 Å². The first kappa shape index (κ1) is 30.5. The van der Waals surface area contributed by atoms with E-state index in [0.29, 0.717) is 69.3 Å². The molecule has 2 amide bonds. The minimum absolute atomic E-state index is 0.0794. The largest absolute Gasteiger partial charge is 0.353 e. The van der Waals surface area contributed by atoms with Gasteiger partial charge in [-0.3, -0.25) is 9.59 Å². The number of carbonyl (C=O) groups is 2. The molecule has 1 aromatic carbocycles.